The van der Waals surface area contributed by atoms with E-state index < -0.39 is 0 Å². The molecule has 2 N–H and O–H groups in total. The van der Waals surface area contributed by atoms with E-state index in [2.05, 4.69) is 15.5 Å². The fraction of sp³-hybridized carbons (Fsp3) is 0.500. The second-order valence-corrected chi connectivity index (χ2v) is 9.33. The summed E-state index contributed by atoms with van der Waals surface area (Å²) in [5.41, 5.74) is 1.76. The molecule has 4 fully saturated rings. The van der Waals surface area contributed by atoms with Gasteiger partial charge in [-0.05, 0) is 79.7 Å². The fourth-order valence-corrected chi connectivity index (χ4v) is 6.39. The molecule has 4 saturated carbocycles. The molecule has 6 heteroatoms. The summed E-state index contributed by atoms with van der Waals surface area (Å²) in [4.78, 5) is 4.76. The Morgan fingerprint density at radius 2 is 1.86 bits per heavy atom. The summed E-state index contributed by atoms with van der Waals surface area (Å²) < 4.78 is 1.79. The zero-order valence-corrected chi connectivity index (χ0v) is 16.1. The lowest BCUT2D eigenvalue weighted by atomic mass is 9.53. The van der Waals surface area contributed by atoms with Crippen LogP contribution in [0, 0.1) is 17.8 Å². The first kappa shape index (κ1) is 16.3. The standard InChI is InChI=1S/C22H25N5O/c1-27-20(28)19(8-13-2-3-18-17(7-13)12-23-26-18)24-21(27)25-22-9-14-4-15(10-22)6-16(5-14)11-22/h2-3,7-8,12,14-16,28H,4-6,9-11H2,1H3,(H,24,25). The molecule has 1 aromatic carbocycles. The second-order valence-electron chi connectivity index (χ2n) is 9.33. The summed E-state index contributed by atoms with van der Waals surface area (Å²) in [7, 11) is 1.89. The smallest absolute Gasteiger partial charge is 0.220 e. The van der Waals surface area contributed by atoms with Crippen LogP contribution in [0.5, 0.6) is 5.88 Å². The van der Waals surface area contributed by atoms with Gasteiger partial charge in [0.15, 0.2) is 0 Å². The van der Waals surface area contributed by atoms with Crippen LogP contribution in [0.3, 0.4) is 0 Å². The third-order valence-electron chi connectivity index (χ3n) is 7.22. The maximum atomic E-state index is 10.7. The topological polar surface area (TPSA) is 74.8 Å². The van der Waals surface area contributed by atoms with Crippen LogP contribution < -0.4 is 15.9 Å². The maximum Gasteiger partial charge on any atom is 0.220 e. The molecule has 0 unspecified atom stereocenters. The molecule has 144 valence electrons. The van der Waals surface area contributed by atoms with Crippen molar-refractivity contribution in [3.8, 4) is 5.88 Å². The molecule has 0 radical (unpaired) electrons. The van der Waals surface area contributed by atoms with Crippen LogP contribution in [0.2, 0.25) is 0 Å². The van der Waals surface area contributed by atoms with Crippen molar-refractivity contribution in [1.29, 1.82) is 0 Å². The molecule has 7 rings (SSSR count). The molecule has 0 atom stereocenters. The monoisotopic (exact) mass is 375 g/mol. The number of benzene rings is 1. The van der Waals surface area contributed by atoms with Crippen molar-refractivity contribution < 1.29 is 5.11 Å². The molecule has 2 aromatic rings. The number of imidazole rings is 1. The predicted octanol–water partition coefficient (Wildman–Crippen LogP) is 2.30. The Balaban J connectivity index is 1.34. The number of nitrogens with one attached hydrogen (secondary N) is 1. The molecule has 4 aliphatic carbocycles. The first-order chi connectivity index (χ1) is 13.6. The van der Waals surface area contributed by atoms with Gasteiger partial charge >= 0.3 is 0 Å². The van der Waals surface area contributed by atoms with Crippen molar-refractivity contribution in [1.82, 2.24) is 9.55 Å². The number of rotatable bonds is 3. The lowest BCUT2D eigenvalue weighted by molar-refractivity contribution is 0.0102. The Bertz CT molecular complexity index is 1080. The normalized spacial score (nSPS) is 32.6. The second kappa shape index (κ2) is 5.69. The van der Waals surface area contributed by atoms with Gasteiger partial charge in [0.1, 0.15) is 5.69 Å². The minimum absolute atomic E-state index is 0.170. The Hall–Kier alpha value is -2.63. The number of anilines is 1. The molecule has 2 heterocycles. The van der Waals surface area contributed by atoms with Gasteiger partial charge in [-0.1, -0.05) is 6.07 Å². The van der Waals surface area contributed by atoms with E-state index >= 15 is 0 Å². The number of fused-ring (bicyclic) bond motifs is 1. The summed E-state index contributed by atoms with van der Waals surface area (Å²) in [5, 5.41) is 24.3. The van der Waals surface area contributed by atoms with E-state index in [4.69, 9.17) is 4.98 Å². The lowest BCUT2D eigenvalue weighted by Gasteiger charge is -2.57. The average Bonchev–Trinajstić information content (AvgIpc) is 3.21. The predicted molar refractivity (Wildman–Crippen MR) is 108 cm³/mol. The summed E-state index contributed by atoms with van der Waals surface area (Å²) in [6, 6.07) is 5.95. The van der Waals surface area contributed by atoms with Crippen molar-refractivity contribution in [3.63, 3.8) is 0 Å². The molecule has 0 spiro atoms. The third kappa shape index (κ3) is 2.50. The molecule has 1 aliphatic heterocycles. The highest BCUT2D eigenvalue weighted by Crippen LogP contribution is 2.56. The van der Waals surface area contributed by atoms with E-state index in [0.29, 0.717) is 5.69 Å². The zero-order valence-electron chi connectivity index (χ0n) is 16.1. The highest BCUT2D eigenvalue weighted by atomic mass is 16.3. The largest absolute Gasteiger partial charge is 0.493 e. The lowest BCUT2D eigenvalue weighted by Crippen LogP contribution is -2.55. The van der Waals surface area contributed by atoms with Gasteiger partial charge in [-0.3, -0.25) is 4.57 Å². The third-order valence-corrected chi connectivity index (χ3v) is 7.22. The van der Waals surface area contributed by atoms with Gasteiger partial charge in [-0.25, -0.2) is 4.98 Å². The van der Waals surface area contributed by atoms with Crippen molar-refractivity contribution >= 4 is 18.2 Å². The van der Waals surface area contributed by atoms with Crippen LogP contribution in [-0.2, 0) is 7.05 Å². The number of aromatic nitrogens is 2. The molecular weight excluding hydrogens is 350 g/mol. The summed E-state index contributed by atoms with van der Waals surface area (Å²) in [5.74, 6) is 3.60. The molecule has 0 saturated heterocycles. The highest BCUT2D eigenvalue weighted by molar-refractivity contribution is 5.80. The number of hydrogen-bond donors (Lipinski definition) is 2. The van der Waals surface area contributed by atoms with E-state index in [1.165, 1.54) is 38.5 Å². The molecule has 28 heavy (non-hydrogen) atoms. The Morgan fingerprint density at radius 3 is 2.57 bits per heavy atom. The van der Waals surface area contributed by atoms with Crippen LogP contribution >= 0.6 is 0 Å². The van der Waals surface area contributed by atoms with E-state index in [0.717, 1.165) is 39.8 Å². The summed E-state index contributed by atoms with van der Waals surface area (Å²) in [6.45, 7) is 0. The first-order valence-electron chi connectivity index (χ1n) is 10.3. The molecule has 1 aromatic heterocycles. The van der Waals surface area contributed by atoms with Gasteiger partial charge in [0.25, 0.3) is 0 Å². The van der Waals surface area contributed by atoms with Crippen molar-refractivity contribution in [2.24, 2.45) is 35.0 Å². The fourth-order valence-electron chi connectivity index (χ4n) is 6.39. The summed E-state index contributed by atoms with van der Waals surface area (Å²) in [6.07, 6.45) is 11.7. The van der Waals surface area contributed by atoms with Gasteiger partial charge in [0.05, 0.1) is 11.6 Å². The van der Waals surface area contributed by atoms with Gasteiger partial charge in [0.2, 0.25) is 11.8 Å². The molecule has 5 aliphatic rings. The minimum atomic E-state index is 0.170. The maximum absolute atomic E-state index is 10.7. The Labute approximate surface area is 163 Å². The van der Waals surface area contributed by atoms with Crippen LogP contribution in [0.15, 0.2) is 28.4 Å². The van der Waals surface area contributed by atoms with Gasteiger partial charge < -0.3 is 10.4 Å². The van der Waals surface area contributed by atoms with E-state index in [1.54, 1.807) is 10.8 Å². The van der Waals surface area contributed by atoms with Crippen LogP contribution in [0.4, 0.5) is 5.95 Å². The summed E-state index contributed by atoms with van der Waals surface area (Å²) >= 11 is 0. The average molecular weight is 375 g/mol. The first-order valence-corrected chi connectivity index (χ1v) is 10.3. The van der Waals surface area contributed by atoms with E-state index in [1.807, 2.05) is 31.3 Å². The molecule has 6 nitrogen and oxygen atoms in total. The molecule has 4 bridgehead atoms. The van der Waals surface area contributed by atoms with Gasteiger partial charge in [-0.2, -0.15) is 10.2 Å². The van der Waals surface area contributed by atoms with Gasteiger partial charge in [-0.15, -0.1) is 0 Å². The zero-order chi connectivity index (χ0) is 18.9. The van der Waals surface area contributed by atoms with Crippen LogP contribution in [0.1, 0.15) is 49.8 Å². The Kier molecular flexibility index (Phi) is 3.32. The van der Waals surface area contributed by atoms with Crippen LogP contribution in [-0.4, -0.2) is 26.4 Å². The van der Waals surface area contributed by atoms with Crippen molar-refractivity contribution in [2.45, 2.75) is 44.1 Å². The van der Waals surface area contributed by atoms with Gasteiger partial charge in [0, 0.05) is 18.2 Å². The molecule has 0 amide bonds. The van der Waals surface area contributed by atoms with Crippen molar-refractivity contribution in [2.75, 3.05) is 5.32 Å². The number of aromatic hydroxyl groups is 1. The Morgan fingerprint density at radius 1 is 1.14 bits per heavy atom. The van der Waals surface area contributed by atoms with E-state index in [-0.39, 0.29) is 11.4 Å². The quantitative estimate of drug-likeness (QED) is 0.864. The SMILES string of the molecule is Cn1c(NC23CC4CC(CC(C4)C2)C3)nc(C=c2ccc3c(c2)C=NN=3)c1O. The minimum Gasteiger partial charge on any atom is -0.493 e. The number of hydrogen-bond acceptors (Lipinski definition) is 5. The number of nitrogens with zero attached hydrogens (tertiary/aromatic N) is 4. The van der Waals surface area contributed by atoms with E-state index in [9.17, 15) is 5.11 Å². The highest BCUT2D eigenvalue weighted by Gasteiger charge is 2.51. The van der Waals surface area contributed by atoms with Crippen molar-refractivity contribution in [3.05, 3.63) is 40.0 Å². The molecular formula is C22H25N5O. The van der Waals surface area contributed by atoms with Crippen LogP contribution in [0.25, 0.3) is 6.08 Å².